The van der Waals surface area contributed by atoms with E-state index in [1.54, 1.807) is 26.0 Å². The Morgan fingerprint density at radius 3 is 2.61 bits per heavy atom. The van der Waals surface area contributed by atoms with Gasteiger partial charge in [0.2, 0.25) is 0 Å². The zero-order valence-electron chi connectivity index (χ0n) is 12.1. The Labute approximate surface area is 142 Å². The number of aryl methyl sites for hydroxylation is 2. The van der Waals surface area contributed by atoms with Crippen molar-refractivity contribution in [3.8, 4) is 0 Å². The third kappa shape index (κ3) is 3.10. The second-order valence-corrected chi connectivity index (χ2v) is 7.29. The second-order valence-electron chi connectivity index (χ2n) is 4.87. The van der Waals surface area contributed by atoms with Crippen molar-refractivity contribution in [2.75, 3.05) is 4.72 Å². The van der Waals surface area contributed by atoms with Crippen LogP contribution in [0.25, 0.3) is 5.78 Å². The summed E-state index contributed by atoms with van der Waals surface area (Å²) < 4.78 is 28.6. The van der Waals surface area contributed by atoms with E-state index in [1.807, 2.05) is 0 Å². The van der Waals surface area contributed by atoms with Crippen molar-refractivity contribution in [3.05, 3.63) is 45.7 Å². The summed E-state index contributed by atoms with van der Waals surface area (Å²) in [4.78, 5) is 8.13. The van der Waals surface area contributed by atoms with Crippen LogP contribution in [0, 0.1) is 13.8 Å². The van der Waals surface area contributed by atoms with Crippen molar-refractivity contribution in [3.63, 3.8) is 0 Å². The van der Waals surface area contributed by atoms with Gasteiger partial charge in [-0.15, -0.1) is 5.10 Å². The fraction of sp³-hybridized carbons (Fsp3) is 0.154. The Morgan fingerprint density at radius 2 is 1.87 bits per heavy atom. The molecule has 1 N–H and O–H groups in total. The van der Waals surface area contributed by atoms with Crippen molar-refractivity contribution in [1.29, 1.82) is 0 Å². The minimum absolute atomic E-state index is 0.152. The van der Waals surface area contributed by atoms with Gasteiger partial charge in [0.05, 0.1) is 10.7 Å². The lowest BCUT2D eigenvalue weighted by Gasteiger charge is -2.07. The lowest BCUT2D eigenvalue weighted by Crippen LogP contribution is -2.15. The SMILES string of the molecule is Cc1cc(C)n2nc(S(=O)(=O)Nc3cc(Cl)ccc3Cl)nc2n1. The molecule has 0 aliphatic rings. The van der Waals surface area contributed by atoms with E-state index in [9.17, 15) is 8.42 Å². The van der Waals surface area contributed by atoms with E-state index < -0.39 is 15.2 Å². The van der Waals surface area contributed by atoms with E-state index in [2.05, 4.69) is 19.8 Å². The molecular weight excluding hydrogens is 361 g/mol. The van der Waals surface area contributed by atoms with Crippen LogP contribution in [-0.2, 0) is 10.0 Å². The lowest BCUT2D eigenvalue weighted by atomic mass is 10.3. The van der Waals surface area contributed by atoms with Crippen LogP contribution in [0.4, 0.5) is 5.69 Å². The van der Waals surface area contributed by atoms with Crippen LogP contribution in [0.1, 0.15) is 11.4 Å². The largest absolute Gasteiger partial charge is 0.299 e. The first kappa shape index (κ1) is 16.0. The van der Waals surface area contributed by atoms with Crippen LogP contribution in [0.5, 0.6) is 0 Å². The Kier molecular flexibility index (Phi) is 3.91. The quantitative estimate of drug-likeness (QED) is 0.764. The number of benzene rings is 1. The molecule has 0 spiro atoms. The molecule has 0 saturated heterocycles. The van der Waals surface area contributed by atoms with Gasteiger partial charge in [0.1, 0.15) is 0 Å². The average Bonchev–Trinajstić information content (AvgIpc) is 2.87. The topological polar surface area (TPSA) is 89.3 Å². The molecule has 3 rings (SSSR count). The molecule has 23 heavy (non-hydrogen) atoms. The first-order valence-electron chi connectivity index (χ1n) is 6.45. The second kappa shape index (κ2) is 5.63. The van der Waals surface area contributed by atoms with E-state index in [-0.39, 0.29) is 16.5 Å². The summed E-state index contributed by atoms with van der Waals surface area (Å²) in [5.74, 6) is 0.208. The number of fused-ring (bicyclic) bond motifs is 1. The Bertz CT molecular complexity index is 1020. The number of hydrogen-bond acceptors (Lipinski definition) is 5. The summed E-state index contributed by atoms with van der Waals surface area (Å²) in [6.07, 6.45) is 0. The van der Waals surface area contributed by atoms with Crippen molar-refractivity contribution >= 4 is 44.7 Å². The molecule has 0 bridgehead atoms. The smallest absolute Gasteiger partial charge is 0.275 e. The fourth-order valence-corrected chi connectivity index (χ4v) is 3.36. The van der Waals surface area contributed by atoms with Crippen molar-refractivity contribution in [2.24, 2.45) is 0 Å². The van der Waals surface area contributed by atoms with Gasteiger partial charge < -0.3 is 0 Å². The molecule has 0 atom stereocenters. The van der Waals surface area contributed by atoms with E-state index in [0.29, 0.717) is 5.02 Å². The van der Waals surface area contributed by atoms with E-state index >= 15 is 0 Å². The van der Waals surface area contributed by atoms with E-state index in [4.69, 9.17) is 23.2 Å². The van der Waals surface area contributed by atoms with Gasteiger partial charge in [0, 0.05) is 16.4 Å². The molecule has 1 aromatic carbocycles. The zero-order valence-corrected chi connectivity index (χ0v) is 14.4. The number of nitrogens with one attached hydrogen (secondary N) is 1. The summed E-state index contributed by atoms with van der Waals surface area (Å²) in [5.41, 5.74) is 1.60. The van der Waals surface area contributed by atoms with Crippen LogP contribution in [-0.4, -0.2) is 28.0 Å². The van der Waals surface area contributed by atoms with Crippen LogP contribution in [0.2, 0.25) is 10.0 Å². The monoisotopic (exact) mass is 371 g/mol. The van der Waals surface area contributed by atoms with Gasteiger partial charge in [-0.25, -0.2) is 9.50 Å². The lowest BCUT2D eigenvalue weighted by molar-refractivity contribution is 0.592. The first-order chi connectivity index (χ1) is 10.8. The molecule has 0 aliphatic heterocycles. The minimum Gasteiger partial charge on any atom is -0.275 e. The summed E-state index contributed by atoms with van der Waals surface area (Å²) >= 11 is 11.8. The maximum absolute atomic E-state index is 12.5. The highest BCUT2D eigenvalue weighted by Gasteiger charge is 2.23. The highest BCUT2D eigenvalue weighted by atomic mass is 35.5. The van der Waals surface area contributed by atoms with Gasteiger partial charge in [-0.1, -0.05) is 23.2 Å². The maximum Gasteiger partial charge on any atom is 0.299 e. The summed E-state index contributed by atoms with van der Waals surface area (Å²) in [7, 11) is -4.02. The maximum atomic E-state index is 12.5. The Hall–Kier alpha value is -1.90. The highest BCUT2D eigenvalue weighted by Crippen LogP contribution is 2.27. The molecule has 2 aromatic heterocycles. The van der Waals surface area contributed by atoms with Crippen molar-refractivity contribution in [2.45, 2.75) is 19.0 Å². The minimum atomic E-state index is -4.02. The molecule has 0 amide bonds. The number of rotatable bonds is 3. The van der Waals surface area contributed by atoms with Crippen molar-refractivity contribution < 1.29 is 8.42 Å². The molecule has 2 heterocycles. The highest BCUT2D eigenvalue weighted by molar-refractivity contribution is 7.92. The van der Waals surface area contributed by atoms with Gasteiger partial charge in [-0.2, -0.15) is 13.4 Å². The van der Waals surface area contributed by atoms with Crippen molar-refractivity contribution in [1.82, 2.24) is 19.6 Å². The molecule has 10 heteroatoms. The average molecular weight is 372 g/mol. The standard InChI is InChI=1S/C13H11Cl2N5O2S/c1-7-5-8(2)20-12(16-7)17-13(18-20)23(21,22)19-11-6-9(14)3-4-10(11)15/h3-6,19H,1-2H3. The van der Waals surface area contributed by atoms with E-state index in [1.165, 1.54) is 16.6 Å². The normalized spacial score (nSPS) is 11.8. The van der Waals surface area contributed by atoms with Gasteiger partial charge in [0.15, 0.2) is 0 Å². The third-order valence-electron chi connectivity index (χ3n) is 3.01. The predicted molar refractivity (Wildman–Crippen MR) is 87.5 cm³/mol. The van der Waals surface area contributed by atoms with Crippen LogP contribution in [0.15, 0.2) is 29.4 Å². The number of hydrogen-bond donors (Lipinski definition) is 1. The number of nitrogens with zero attached hydrogens (tertiary/aromatic N) is 4. The van der Waals surface area contributed by atoms with Gasteiger partial charge in [-0.3, -0.25) is 4.72 Å². The number of halogens is 2. The first-order valence-corrected chi connectivity index (χ1v) is 8.69. The molecule has 7 nitrogen and oxygen atoms in total. The number of sulfonamides is 1. The summed E-state index contributed by atoms with van der Waals surface area (Å²) in [5, 5.41) is 4.16. The Balaban J connectivity index is 2.06. The van der Waals surface area contributed by atoms with Crippen LogP contribution < -0.4 is 4.72 Å². The van der Waals surface area contributed by atoms with Crippen LogP contribution >= 0.6 is 23.2 Å². The molecule has 0 radical (unpaired) electrons. The summed E-state index contributed by atoms with van der Waals surface area (Å²) in [6, 6.07) is 6.24. The van der Waals surface area contributed by atoms with Crippen LogP contribution in [0.3, 0.4) is 0 Å². The van der Waals surface area contributed by atoms with E-state index in [0.717, 1.165) is 11.4 Å². The molecule has 0 fully saturated rings. The summed E-state index contributed by atoms with van der Waals surface area (Å²) in [6.45, 7) is 3.58. The third-order valence-corrected chi connectivity index (χ3v) is 4.72. The molecule has 0 aliphatic carbocycles. The molecule has 120 valence electrons. The molecular formula is C13H11Cl2N5O2S. The Morgan fingerprint density at radius 1 is 1.13 bits per heavy atom. The molecule has 0 unspecified atom stereocenters. The van der Waals surface area contributed by atoms with Gasteiger partial charge >= 0.3 is 0 Å². The number of anilines is 1. The van der Waals surface area contributed by atoms with Gasteiger partial charge in [-0.05, 0) is 38.1 Å². The molecule has 0 saturated carbocycles. The zero-order chi connectivity index (χ0) is 16.8. The molecule has 3 aromatic rings. The number of aromatic nitrogens is 4. The predicted octanol–water partition coefficient (Wildman–Crippen LogP) is 2.85. The van der Waals surface area contributed by atoms with Gasteiger partial charge in [0.25, 0.3) is 21.0 Å². The fourth-order valence-electron chi connectivity index (χ4n) is 2.03.